The fourth-order valence-electron chi connectivity index (χ4n) is 4.08. The second-order valence-corrected chi connectivity index (χ2v) is 6.87. The molecule has 0 radical (unpaired) electrons. The van der Waals surface area contributed by atoms with Gasteiger partial charge in [-0.15, -0.1) is 0 Å². The number of ether oxygens (including phenoxy) is 1. The van der Waals surface area contributed by atoms with Gasteiger partial charge in [-0.1, -0.05) is 18.1 Å². The van der Waals surface area contributed by atoms with Crippen molar-refractivity contribution in [2.75, 3.05) is 0 Å². The summed E-state index contributed by atoms with van der Waals surface area (Å²) in [6, 6.07) is 0. The summed E-state index contributed by atoms with van der Waals surface area (Å²) in [6.45, 7) is 6.58. The number of hydrogen-bond donors (Lipinski definition) is 0. The molecular weight excluding hydrogens is 196 g/mol. The summed E-state index contributed by atoms with van der Waals surface area (Å²) in [5, 5.41) is 0. The molecule has 0 amide bonds. The van der Waals surface area contributed by atoms with Gasteiger partial charge >= 0.3 is 0 Å². The van der Waals surface area contributed by atoms with E-state index < -0.39 is 0 Å². The lowest BCUT2D eigenvalue weighted by atomic mass is 9.86. The summed E-state index contributed by atoms with van der Waals surface area (Å²) < 4.78 is 6.33. The van der Waals surface area contributed by atoms with Gasteiger partial charge in [0.15, 0.2) is 0 Å². The summed E-state index contributed by atoms with van der Waals surface area (Å²) in [6.07, 6.45) is 10.1. The lowest BCUT2D eigenvalue weighted by Gasteiger charge is -2.29. The van der Waals surface area contributed by atoms with Crippen LogP contribution in [0, 0.1) is 17.8 Å². The predicted molar refractivity (Wildman–Crippen MR) is 66.3 cm³/mol. The monoisotopic (exact) mass is 220 g/mol. The maximum Gasteiger partial charge on any atom is 0.0712 e. The van der Waals surface area contributed by atoms with Gasteiger partial charge in [0.05, 0.1) is 11.7 Å². The van der Waals surface area contributed by atoms with Crippen LogP contribution in [-0.4, -0.2) is 11.7 Å². The first-order chi connectivity index (χ1) is 7.54. The van der Waals surface area contributed by atoms with Crippen molar-refractivity contribution < 1.29 is 4.74 Å². The summed E-state index contributed by atoms with van der Waals surface area (Å²) in [7, 11) is 0. The minimum atomic E-state index is 0.0212. The molecule has 3 aliphatic rings. The van der Waals surface area contributed by atoms with Crippen molar-refractivity contribution in [2.24, 2.45) is 17.8 Å². The van der Waals surface area contributed by atoms with E-state index in [0.29, 0.717) is 6.10 Å². The largest absolute Gasteiger partial charge is 0.371 e. The zero-order chi connectivity index (χ0) is 11.3. The Bertz CT molecular complexity index is 310. The molecule has 0 spiro atoms. The van der Waals surface area contributed by atoms with E-state index in [1.165, 1.54) is 32.1 Å². The molecule has 4 atom stereocenters. The predicted octanol–water partition coefficient (Wildman–Crippen LogP) is 3.94. The molecule has 0 N–H and O–H groups in total. The topological polar surface area (TPSA) is 9.23 Å². The Morgan fingerprint density at radius 2 is 2.06 bits per heavy atom. The molecule has 0 aromatic heterocycles. The second kappa shape index (κ2) is 3.60. The standard InChI is InChI=1S/C15H24O/c1-15(2,3)16-14-12-8-10-6-4-5-7-11(9-12)13(10)14/h8,11-14H,4-7,9H2,1-3H3/t11-,12+,13-,14-/m0/s1. The number of rotatable bonds is 1. The van der Waals surface area contributed by atoms with Gasteiger partial charge in [-0.2, -0.15) is 0 Å². The first kappa shape index (κ1) is 10.8. The van der Waals surface area contributed by atoms with Crippen molar-refractivity contribution in [3.63, 3.8) is 0 Å². The van der Waals surface area contributed by atoms with Crippen LogP contribution in [0.1, 0.15) is 52.9 Å². The second-order valence-electron chi connectivity index (χ2n) is 6.87. The molecule has 3 aliphatic carbocycles. The molecule has 1 heteroatoms. The highest BCUT2D eigenvalue weighted by Gasteiger charge is 2.50. The van der Waals surface area contributed by atoms with Gasteiger partial charge in [0.2, 0.25) is 0 Å². The van der Waals surface area contributed by atoms with Crippen LogP contribution in [0.3, 0.4) is 0 Å². The lowest BCUT2D eigenvalue weighted by molar-refractivity contribution is -0.0787. The third kappa shape index (κ3) is 1.73. The van der Waals surface area contributed by atoms with Crippen molar-refractivity contribution >= 4 is 0 Å². The molecule has 1 nitrogen and oxygen atoms in total. The van der Waals surface area contributed by atoms with Crippen LogP contribution in [0.15, 0.2) is 11.6 Å². The van der Waals surface area contributed by atoms with Gasteiger partial charge in [-0.25, -0.2) is 0 Å². The average molecular weight is 220 g/mol. The Morgan fingerprint density at radius 1 is 1.25 bits per heavy atom. The highest BCUT2D eigenvalue weighted by Crippen LogP contribution is 2.54. The van der Waals surface area contributed by atoms with Crippen molar-refractivity contribution in [1.82, 2.24) is 0 Å². The molecule has 0 saturated heterocycles. The van der Waals surface area contributed by atoms with E-state index in [2.05, 4.69) is 26.8 Å². The Balaban J connectivity index is 1.81. The fourth-order valence-corrected chi connectivity index (χ4v) is 4.08. The first-order valence-electron chi connectivity index (χ1n) is 6.93. The summed E-state index contributed by atoms with van der Waals surface area (Å²) in [5.41, 5.74) is 1.76. The lowest BCUT2D eigenvalue weighted by Crippen LogP contribution is -2.32. The van der Waals surface area contributed by atoms with E-state index in [1.807, 2.05) is 0 Å². The summed E-state index contributed by atoms with van der Waals surface area (Å²) >= 11 is 0. The van der Waals surface area contributed by atoms with Crippen LogP contribution < -0.4 is 0 Å². The van der Waals surface area contributed by atoms with E-state index in [4.69, 9.17) is 4.74 Å². The van der Waals surface area contributed by atoms with E-state index in [-0.39, 0.29) is 5.60 Å². The summed E-state index contributed by atoms with van der Waals surface area (Å²) in [5.74, 6) is 2.47. The quantitative estimate of drug-likeness (QED) is 0.608. The van der Waals surface area contributed by atoms with E-state index in [0.717, 1.165) is 17.8 Å². The van der Waals surface area contributed by atoms with Crippen molar-refractivity contribution in [1.29, 1.82) is 0 Å². The Kier molecular flexibility index (Phi) is 2.43. The minimum absolute atomic E-state index is 0.0212. The Morgan fingerprint density at radius 3 is 2.81 bits per heavy atom. The maximum absolute atomic E-state index is 6.33. The zero-order valence-electron chi connectivity index (χ0n) is 10.8. The highest BCUT2D eigenvalue weighted by molar-refractivity contribution is 5.26. The van der Waals surface area contributed by atoms with Crippen LogP contribution in [-0.2, 0) is 4.74 Å². The van der Waals surface area contributed by atoms with Crippen molar-refractivity contribution in [3.05, 3.63) is 11.6 Å². The van der Waals surface area contributed by atoms with Crippen LogP contribution in [0.4, 0.5) is 0 Å². The fraction of sp³-hybridized carbons (Fsp3) is 0.867. The van der Waals surface area contributed by atoms with Gasteiger partial charge in [0, 0.05) is 11.8 Å². The molecule has 3 rings (SSSR count). The van der Waals surface area contributed by atoms with Gasteiger partial charge in [-0.3, -0.25) is 0 Å². The minimum Gasteiger partial charge on any atom is -0.371 e. The molecule has 2 fully saturated rings. The van der Waals surface area contributed by atoms with Gasteiger partial charge < -0.3 is 4.74 Å². The molecule has 0 unspecified atom stereocenters. The smallest absolute Gasteiger partial charge is 0.0712 e. The Labute approximate surface area is 99.3 Å². The molecule has 0 heterocycles. The third-order valence-electron chi connectivity index (χ3n) is 4.50. The molecule has 16 heavy (non-hydrogen) atoms. The highest BCUT2D eigenvalue weighted by atomic mass is 16.5. The molecule has 2 bridgehead atoms. The third-order valence-corrected chi connectivity index (χ3v) is 4.50. The van der Waals surface area contributed by atoms with E-state index >= 15 is 0 Å². The van der Waals surface area contributed by atoms with Crippen LogP contribution in [0.2, 0.25) is 0 Å². The summed E-state index contributed by atoms with van der Waals surface area (Å²) in [4.78, 5) is 0. The van der Waals surface area contributed by atoms with Crippen LogP contribution in [0.25, 0.3) is 0 Å². The van der Waals surface area contributed by atoms with Crippen molar-refractivity contribution in [2.45, 2.75) is 64.6 Å². The molecular formula is C15H24O. The van der Waals surface area contributed by atoms with E-state index in [1.54, 1.807) is 5.57 Å². The molecule has 2 saturated carbocycles. The van der Waals surface area contributed by atoms with Gasteiger partial charge in [0.25, 0.3) is 0 Å². The Hall–Kier alpha value is -0.300. The average Bonchev–Trinajstić information content (AvgIpc) is 2.61. The van der Waals surface area contributed by atoms with Gasteiger partial charge in [0.1, 0.15) is 0 Å². The number of fused-ring (bicyclic) bond motifs is 1. The van der Waals surface area contributed by atoms with Gasteiger partial charge in [-0.05, 0) is 52.4 Å². The molecule has 0 aliphatic heterocycles. The van der Waals surface area contributed by atoms with Crippen LogP contribution >= 0.6 is 0 Å². The molecule has 0 aromatic carbocycles. The molecule has 0 aromatic rings. The molecule has 90 valence electrons. The SMILES string of the molecule is CC(C)(C)O[C@@H]1[C@H]2C3=C[C@@H]1C[C@@H]2CCCC3. The zero-order valence-corrected chi connectivity index (χ0v) is 10.8. The van der Waals surface area contributed by atoms with Crippen molar-refractivity contribution in [3.8, 4) is 0 Å². The normalized spacial score (nSPS) is 42.1. The van der Waals surface area contributed by atoms with E-state index in [9.17, 15) is 0 Å². The number of hydrogen-bond acceptors (Lipinski definition) is 1. The van der Waals surface area contributed by atoms with Crippen LogP contribution in [0.5, 0.6) is 0 Å². The maximum atomic E-state index is 6.33. The first-order valence-corrected chi connectivity index (χ1v) is 6.93.